The molecule has 1 aromatic carbocycles. The molecular weight excluding hydrogens is 294 g/mol. The summed E-state index contributed by atoms with van der Waals surface area (Å²) in [4.78, 5) is 10.7. The molecule has 21 heavy (non-hydrogen) atoms. The van der Waals surface area contributed by atoms with Crippen LogP contribution in [0.2, 0.25) is 5.02 Å². The molecule has 1 heterocycles. The van der Waals surface area contributed by atoms with Gasteiger partial charge in [-0.1, -0.05) is 25.4 Å². The van der Waals surface area contributed by atoms with Crippen LogP contribution in [0, 0.1) is 0 Å². The van der Waals surface area contributed by atoms with Crippen molar-refractivity contribution >= 4 is 17.6 Å². The summed E-state index contributed by atoms with van der Waals surface area (Å²) in [6, 6.07) is 1.26. The Hall–Kier alpha value is -1.46. The second-order valence-corrected chi connectivity index (χ2v) is 5.81. The highest BCUT2D eigenvalue weighted by Crippen LogP contribution is 2.45. The van der Waals surface area contributed by atoms with Crippen molar-refractivity contribution in [3.63, 3.8) is 0 Å². The van der Waals surface area contributed by atoms with Crippen LogP contribution in [0.25, 0.3) is 0 Å². The minimum absolute atomic E-state index is 0.00345. The van der Waals surface area contributed by atoms with Gasteiger partial charge in [0, 0.05) is 29.1 Å². The standard InChI is InChI=1S/C15H20ClNO4/c1-8(2)13-14(10(17)3-4-12(18)19)9(16)7-11-15(13)21-6-5-20-11/h7-8,10H,3-6,17H2,1-2H3,(H,18,19). The number of hydrogen-bond acceptors (Lipinski definition) is 4. The van der Waals surface area contributed by atoms with Gasteiger partial charge >= 0.3 is 5.97 Å². The van der Waals surface area contributed by atoms with Crippen LogP contribution < -0.4 is 15.2 Å². The Morgan fingerprint density at radius 1 is 1.38 bits per heavy atom. The van der Waals surface area contributed by atoms with Crippen LogP contribution in [0.4, 0.5) is 0 Å². The molecule has 0 saturated carbocycles. The number of aliphatic carboxylic acids is 1. The number of carboxylic acids is 1. The van der Waals surface area contributed by atoms with Crippen molar-refractivity contribution in [2.24, 2.45) is 5.73 Å². The molecular formula is C15H20ClNO4. The third kappa shape index (κ3) is 3.41. The van der Waals surface area contributed by atoms with Gasteiger partial charge < -0.3 is 20.3 Å². The predicted octanol–water partition coefficient (Wildman–Crippen LogP) is 3.10. The first-order valence-electron chi connectivity index (χ1n) is 7.01. The molecule has 0 fully saturated rings. The highest BCUT2D eigenvalue weighted by molar-refractivity contribution is 6.31. The molecule has 0 saturated heterocycles. The first-order chi connectivity index (χ1) is 9.91. The van der Waals surface area contributed by atoms with Crippen molar-refractivity contribution in [2.75, 3.05) is 13.2 Å². The zero-order valence-electron chi connectivity index (χ0n) is 12.2. The van der Waals surface area contributed by atoms with Gasteiger partial charge in [0.25, 0.3) is 0 Å². The molecule has 1 aromatic rings. The molecule has 1 atom stereocenters. The highest BCUT2D eigenvalue weighted by Gasteiger charge is 2.27. The van der Waals surface area contributed by atoms with Gasteiger partial charge in [-0.15, -0.1) is 0 Å². The number of carboxylic acid groups (broad SMARTS) is 1. The van der Waals surface area contributed by atoms with E-state index in [0.29, 0.717) is 36.2 Å². The first kappa shape index (κ1) is 15.9. The zero-order valence-corrected chi connectivity index (χ0v) is 12.9. The van der Waals surface area contributed by atoms with Crippen LogP contribution in [0.5, 0.6) is 11.5 Å². The molecule has 1 aliphatic heterocycles. The molecule has 116 valence electrons. The van der Waals surface area contributed by atoms with E-state index in [-0.39, 0.29) is 12.3 Å². The summed E-state index contributed by atoms with van der Waals surface area (Å²) in [6.45, 7) is 5.03. The number of fused-ring (bicyclic) bond motifs is 1. The minimum Gasteiger partial charge on any atom is -0.486 e. The Kier molecular flexibility index (Phi) is 4.96. The average molecular weight is 314 g/mol. The van der Waals surface area contributed by atoms with Crippen LogP contribution in [0.15, 0.2) is 6.07 Å². The number of carbonyl (C=O) groups is 1. The lowest BCUT2D eigenvalue weighted by molar-refractivity contribution is -0.137. The van der Waals surface area contributed by atoms with Gasteiger partial charge in [0.05, 0.1) is 0 Å². The number of ether oxygens (including phenoxy) is 2. The lowest BCUT2D eigenvalue weighted by Crippen LogP contribution is -2.21. The molecule has 0 aliphatic carbocycles. The average Bonchev–Trinajstić information content (AvgIpc) is 2.42. The van der Waals surface area contributed by atoms with Crippen molar-refractivity contribution in [1.29, 1.82) is 0 Å². The Morgan fingerprint density at radius 2 is 2.05 bits per heavy atom. The van der Waals surface area contributed by atoms with E-state index in [2.05, 4.69) is 0 Å². The Bertz CT molecular complexity index is 545. The monoisotopic (exact) mass is 313 g/mol. The lowest BCUT2D eigenvalue weighted by Gasteiger charge is -2.27. The first-order valence-corrected chi connectivity index (χ1v) is 7.38. The van der Waals surface area contributed by atoms with Crippen LogP contribution >= 0.6 is 11.6 Å². The van der Waals surface area contributed by atoms with Crippen molar-refractivity contribution in [3.8, 4) is 11.5 Å². The summed E-state index contributed by atoms with van der Waals surface area (Å²) >= 11 is 6.36. The summed E-state index contributed by atoms with van der Waals surface area (Å²) in [6.07, 6.45) is 0.331. The van der Waals surface area contributed by atoms with E-state index in [4.69, 9.17) is 31.9 Å². The van der Waals surface area contributed by atoms with Gasteiger partial charge in [-0.25, -0.2) is 0 Å². The summed E-state index contributed by atoms with van der Waals surface area (Å²) in [5.74, 6) is 0.584. The Balaban J connectivity index is 2.46. The largest absolute Gasteiger partial charge is 0.486 e. The van der Waals surface area contributed by atoms with E-state index in [1.165, 1.54) is 0 Å². The smallest absolute Gasteiger partial charge is 0.303 e. The lowest BCUT2D eigenvalue weighted by atomic mass is 9.89. The van der Waals surface area contributed by atoms with Gasteiger partial charge in [-0.2, -0.15) is 0 Å². The molecule has 1 unspecified atom stereocenters. The maximum atomic E-state index is 10.7. The van der Waals surface area contributed by atoms with Crippen LogP contribution in [0.3, 0.4) is 0 Å². The SMILES string of the molecule is CC(C)c1c2c(cc(Cl)c1C(N)CCC(=O)O)OCCO2. The highest BCUT2D eigenvalue weighted by atomic mass is 35.5. The van der Waals surface area contributed by atoms with Crippen LogP contribution in [-0.4, -0.2) is 24.3 Å². The minimum atomic E-state index is -0.870. The van der Waals surface area contributed by atoms with Gasteiger partial charge in [0.2, 0.25) is 0 Å². The Morgan fingerprint density at radius 3 is 2.67 bits per heavy atom. The normalized spacial score (nSPS) is 15.1. The van der Waals surface area contributed by atoms with Crippen molar-refractivity contribution < 1.29 is 19.4 Å². The maximum Gasteiger partial charge on any atom is 0.303 e. The molecule has 0 bridgehead atoms. The zero-order chi connectivity index (χ0) is 15.6. The second kappa shape index (κ2) is 6.54. The number of halogens is 1. The number of benzene rings is 1. The van der Waals surface area contributed by atoms with E-state index in [1.807, 2.05) is 13.8 Å². The fourth-order valence-electron chi connectivity index (χ4n) is 2.57. The summed E-state index contributed by atoms with van der Waals surface area (Å²) < 4.78 is 11.3. The van der Waals surface area contributed by atoms with Crippen molar-refractivity contribution in [1.82, 2.24) is 0 Å². The van der Waals surface area contributed by atoms with E-state index in [0.717, 1.165) is 11.1 Å². The molecule has 2 rings (SSSR count). The van der Waals surface area contributed by atoms with E-state index in [9.17, 15) is 4.79 Å². The quantitative estimate of drug-likeness (QED) is 0.873. The van der Waals surface area contributed by atoms with E-state index in [1.54, 1.807) is 6.07 Å². The van der Waals surface area contributed by atoms with Gasteiger partial charge in [0.15, 0.2) is 11.5 Å². The Labute approximate surface area is 129 Å². The van der Waals surface area contributed by atoms with Gasteiger partial charge in [0.1, 0.15) is 13.2 Å². The van der Waals surface area contributed by atoms with Gasteiger partial charge in [-0.3, -0.25) is 4.79 Å². The molecule has 1 aliphatic rings. The molecule has 0 amide bonds. The third-order valence-electron chi connectivity index (χ3n) is 3.48. The summed E-state index contributed by atoms with van der Waals surface area (Å²) in [5, 5.41) is 9.32. The van der Waals surface area contributed by atoms with E-state index >= 15 is 0 Å². The molecule has 0 aromatic heterocycles. The predicted molar refractivity (Wildman–Crippen MR) is 80.3 cm³/mol. The molecule has 6 heteroatoms. The van der Waals surface area contributed by atoms with Gasteiger partial charge in [-0.05, 0) is 17.9 Å². The topological polar surface area (TPSA) is 81.8 Å². The van der Waals surface area contributed by atoms with Crippen LogP contribution in [-0.2, 0) is 4.79 Å². The summed E-state index contributed by atoms with van der Waals surface area (Å²) in [7, 11) is 0. The second-order valence-electron chi connectivity index (χ2n) is 5.40. The number of hydrogen-bond donors (Lipinski definition) is 2. The molecule has 5 nitrogen and oxygen atoms in total. The van der Waals surface area contributed by atoms with Crippen LogP contribution in [0.1, 0.15) is 49.8 Å². The fraction of sp³-hybridized carbons (Fsp3) is 0.533. The molecule has 0 spiro atoms. The number of rotatable bonds is 5. The maximum absolute atomic E-state index is 10.7. The molecule has 0 radical (unpaired) electrons. The molecule has 3 N–H and O–H groups in total. The van der Waals surface area contributed by atoms with Crippen molar-refractivity contribution in [2.45, 2.75) is 38.6 Å². The number of nitrogens with two attached hydrogens (primary N) is 1. The summed E-state index contributed by atoms with van der Waals surface area (Å²) in [5.41, 5.74) is 7.85. The van der Waals surface area contributed by atoms with E-state index < -0.39 is 12.0 Å². The fourth-order valence-corrected chi connectivity index (χ4v) is 2.91. The van der Waals surface area contributed by atoms with Crippen molar-refractivity contribution in [3.05, 3.63) is 22.2 Å². The third-order valence-corrected chi connectivity index (χ3v) is 3.79.